The highest BCUT2D eigenvalue weighted by Crippen LogP contribution is 2.30. The molecule has 6 heteroatoms. The first-order valence-corrected chi connectivity index (χ1v) is 11.9. The monoisotopic (exact) mass is 428 g/mol. The van der Waals surface area contributed by atoms with Crippen molar-refractivity contribution >= 4 is 21.6 Å². The van der Waals surface area contributed by atoms with Gasteiger partial charge in [0.25, 0.3) is 0 Å². The quantitative estimate of drug-likeness (QED) is 0.775. The van der Waals surface area contributed by atoms with Crippen molar-refractivity contribution in [1.29, 1.82) is 0 Å². The first kappa shape index (κ1) is 22.5. The SMILES string of the molecule is Cc1cc(C)c(NC(=O)[C@H]2CCCN(S(=O)(=O)c3c(C)cc(C)cc3C)C2)c(C)c1. The van der Waals surface area contributed by atoms with E-state index in [9.17, 15) is 13.2 Å². The molecule has 5 nitrogen and oxygen atoms in total. The van der Waals surface area contributed by atoms with E-state index in [1.54, 1.807) is 0 Å². The Kier molecular flexibility index (Phi) is 6.39. The van der Waals surface area contributed by atoms with Crippen LogP contribution in [-0.4, -0.2) is 31.7 Å². The van der Waals surface area contributed by atoms with Crippen LogP contribution in [0.2, 0.25) is 0 Å². The summed E-state index contributed by atoms with van der Waals surface area (Å²) < 4.78 is 28.3. The molecule has 1 fully saturated rings. The van der Waals surface area contributed by atoms with Crippen molar-refractivity contribution in [2.75, 3.05) is 18.4 Å². The largest absolute Gasteiger partial charge is 0.325 e. The van der Waals surface area contributed by atoms with Gasteiger partial charge in [0, 0.05) is 18.8 Å². The smallest absolute Gasteiger partial charge is 0.243 e. The van der Waals surface area contributed by atoms with E-state index in [-0.39, 0.29) is 18.4 Å². The molecule has 3 rings (SSSR count). The Morgan fingerprint density at radius 1 is 0.900 bits per heavy atom. The molecule has 30 heavy (non-hydrogen) atoms. The number of nitrogens with zero attached hydrogens (tertiary/aromatic N) is 1. The van der Waals surface area contributed by atoms with Crippen LogP contribution in [0.25, 0.3) is 0 Å². The van der Waals surface area contributed by atoms with Crippen molar-refractivity contribution in [2.24, 2.45) is 5.92 Å². The normalized spacial score (nSPS) is 17.7. The third-order valence-electron chi connectivity index (χ3n) is 5.88. The summed E-state index contributed by atoms with van der Waals surface area (Å²) >= 11 is 0. The van der Waals surface area contributed by atoms with Crippen molar-refractivity contribution in [1.82, 2.24) is 4.31 Å². The highest BCUT2D eigenvalue weighted by Gasteiger charge is 2.35. The molecule has 0 aliphatic carbocycles. The second-order valence-corrected chi connectivity index (χ2v) is 10.6. The highest BCUT2D eigenvalue weighted by atomic mass is 32.2. The predicted octanol–water partition coefficient (Wildman–Crippen LogP) is 4.58. The Hall–Kier alpha value is -2.18. The minimum absolute atomic E-state index is 0.109. The van der Waals surface area contributed by atoms with Gasteiger partial charge in [0.1, 0.15) is 0 Å². The van der Waals surface area contributed by atoms with Crippen LogP contribution < -0.4 is 5.32 Å². The molecule has 0 bridgehead atoms. The first-order chi connectivity index (χ1) is 14.0. The average Bonchev–Trinajstić information content (AvgIpc) is 2.63. The molecule has 1 N–H and O–H groups in total. The maximum absolute atomic E-state index is 13.4. The van der Waals surface area contributed by atoms with Crippen LogP contribution in [0.3, 0.4) is 0 Å². The van der Waals surface area contributed by atoms with Crippen molar-refractivity contribution < 1.29 is 13.2 Å². The van der Waals surface area contributed by atoms with E-state index in [4.69, 9.17) is 0 Å². The third-order valence-corrected chi connectivity index (χ3v) is 8.05. The lowest BCUT2D eigenvalue weighted by Crippen LogP contribution is -2.44. The zero-order valence-corrected chi connectivity index (χ0v) is 19.6. The number of carbonyl (C=O) groups excluding carboxylic acids is 1. The maximum Gasteiger partial charge on any atom is 0.243 e. The number of anilines is 1. The lowest BCUT2D eigenvalue weighted by Gasteiger charge is -2.32. The van der Waals surface area contributed by atoms with Gasteiger partial charge < -0.3 is 5.32 Å². The fraction of sp³-hybridized carbons (Fsp3) is 0.458. The Morgan fingerprint density at radius 3 is 1.93 bits per heavy atom. The molecule has 2 aromatic carbocycles. The van der Waals surface area contributed by atoms with Gasteiger partial charge in [0.2, 0.25) is 15.9 Å². The molecule has 1 amide bonds. The van der Waals surface area contributed by atoms with E-state index in [0.29, 0.717) is 24.3 Å². The minimum atomic E-state index is -3.65. The van der Waals surface area contributed by atoms with E-state index < -0.39 is 10.0 Å². The van der Waals surface area contributed by atoms with Crippen LogP contribution in [0.4, 0.5) is 5.69 Å². The molecule has 1 aliphatic heterocycles. The molecule has 0 radical (unpaired) electrons. The number of hydrogen-bond acceptors (Lipinski definition) is 3. The van der Waals surface area contributed by atoms with Crippen molar-refractivity contribution in [3.05, 3.63) is 57.6 Å². The second kappa shape index (κ2) is 8.52. The van der Waals surface area contributed by atoms with E-state index in [1.165, 1.54) is 4.31 Å². The zero-order chi connectivity index (χ0) is 22.2. The fourth-order valence-electron chi connectivity index (χ4n) is 4.68. The van der Waals surface area contributed by atoms with Crippen LogP contribution in [0.1, 0.15) is 46.2 Å². The lowest BCUT2D eigenvalue weighted by molar-refractivity contribution is -0.120. The summed E-state index contributed by atoms with van der Waals surface area (Å²) in [5, 5.41) is 3.06. The predicted molar refractivity (Wildman–Crippen MR) is 121 cm³/mol. The van der Waals surface area contributed by atoms with Crippen LogP contribution in [0.5, 0.6) is 0 Å². The molecule has 1 atom stereocenters. The summed E-state index contributed by atoms with van der Waals surface area (Å²) in [4.78, 5) is 13.4. The molecule has 0 unspecified atom stereocenters. The summed E-state index contributed by atoms with van der Waals surface area (Å²) in [6.07, 6.45) is 1.36. The summed E-state index contributed by atoms with van der Waals surface area (Å²) in [6.45, 7) is 12.3. The molecular formula is C24H32N2O3S. The van der Waals surface area contributed by atoms with Gasteiger partial charge in [0.15, 0.2) is 0 Å². The number of sulfonamides is 1. The van der Waals surface area contributed by atoms with Gasteiger partial charge in [-0.3, -0.25) is 4.79 Å². The molecule has 0 aromatic heterocycles. The fourth-order valence-corrected chi connectivity index (χ4v) is 6.62. The standard InChI is InChI=1S/C24H32N2O3S/c1-15-10-17(3)22(18(4)11-15)25-24(27)21-8-7-9-26(14-21)30(28,29)23-19(5)12-16(2)13-20(23)6/h10-13,21H,7-9,14H2,1-6H3,(H,25,27)/t21-/m0/s1. The number of piperidine rings is 1. The van der Waals surface area contributed by atoms with Crippen molar-refractivity contribution in [3.63, 3.8) is 0 Å². The molecule has 1 aliphatic rings. The Morgan fingerprint density at radius 2 is 1.40 bits per heavy atom. The van der Waals surface area contributed by atoms with E-state index in [1.807, 2.05) is 65.8 Å². The third kappa shape index (κ3) is 4.44. The van der Waals surface area contributed by atoms with Gasteiger partial charge in [-0.1, -0.05) is 35.4 Å². The average molecular weight is 429 g/mol. The van der Waals surface area contributed by atoms with E-state index >= 15 is 0 Å². The highest BCUT2D eigenvalue weighted by molar-refractivity contribution is 7.89. The van der Waals surface area contributed by atoms with Crippen LogP contribution in [0, 0.1) is 47.5 Å². The van der Waals surface area contributed by atoms with Crippen LogP contribution in [0.15, 0.2) is 29.2 Å². The number of benzene rings is 2. The first-order valence-electron chi connectivity index (χ1n) is 10.5. The van der Waals surface area contributed by atoms with Gasteiger partial charge in [-0.15, -0.1) is 0 Å². The van der Waals surface area contributed by atoms with E-state index in [2.05, 4.69) is 5.32 Å². The Bertz CT molecular complexity index is 1040. The number of nitrogens with one attached hydrogen (secondary N) is 1. The number of carbonyl (C=O) groups is 1. The minimum Gasteiger partial charge on any atom is -0.325 e. The number of rotatable bonds is 4. The van der Waals surface area contributed by atoms with Gasteiger partial charge in [-0.25, -0.2) is 8.42 Å². The van der Waals surface area contributed by atoms with E-state index in [0.717, 1.165) is 39.1 Å². The molecule has 1 saturated heterocycles. The Balaban J connectivity index is 1.83. The number of amides is 1. The van der Waals surface area contributed by atoms with Crippen LogP contribution >= 0.6 is 0 Å². The Labute approximate surface area is 180 Å². The zero-order valence-electron chi connectivity index (χ0n) is 18.8. The molecule has 1 heterocycles. The number of aryl methyl sites for hydroxylation is 6. The maximum atomic E-state index is 13.4. The van der Waals surface area contributed by atoms with Gasteiger partial charge in [0.05, 0.1) is 10.8 Å². The molecule has 2 aromatic rings. The van der Waals surface area contributed by atoms with Gasteiger partial charge >= 0.3 is 0 Å². The van der Waals surface area contributed by atoms with Crippen molar-refractivity contribution in [3.8, 4) is 0 Å². The molecule has 0 spiro atoms. The summed E-state index contributed by atoms with van der Waals surface area (Å²) in [5.74, 6) is -0.470. The van der Waals surface area contributed by atoms with Gasteiger partial charge in [-0.05, 0) is 76.6 Å². The summed E-state index contributed by atoms with van der Waals surface area (Å²) in [5.41, 5.74) is 6.58. The lowest BCUT2D eigenvalue weighted by atomic mass is 9.98. The molecular weight excluding hydrogens is 396 g/mol. The summed E-state index contributed by atoms with van der Waals surface area (Å²) in [7, 11) is -3.65. The topological polar surface area (TPSA) is 66.5 Å². The van der Waals surface area contributed by atoms with Gasteiger partial charge in [-0.2, -0.15) is 4.31 Å². The molecule has 0 saturated carbocycles. The second-order valence-electron chi connectivity index (χ2n) is 8.69. The number of hydrogen-bond donors (Lipinski definition) is 1. The van der Waals surface area contributed by atoms with Crippen molar-refractivity contribution in [2.45, 2.75) is 59.3 Å². The molecule has 162 valence electrons. The van der Waals surface area contributed by atoms with Crippen LogP contribution in [-0.2, 0) is 14.8 Å². The summed E-state index contributed by atoms with van der Waals surface area (Å²) in [6, 6.07) is 7.89.